The van der Waals surface area contributed by atoms with Crippen molar-refractivity contribution in [2.45, 2.75) is 25.3 Å². The van der Waals surface area contributed by atoms with Crippen LogP contribution in [-0.4, -0.2) is 60.9 Å². The van der Waals surface area contributed by atoms with Gasteiger partial charge in [-0.3, -0.25) is 9.79 Å². The van der Waals surface area contributed by atoms with Gasteiger partial charge in [0.05, 0.1) is 6.54 Å². The number of aliphatic imine (C=N–C) groups is 1. The topological polar surface area (TPSA) is 61.1 Å². The number of hydrogen-bond acceptors (Lipinski definition) is 3. The lowest BCUT2D eigenvalue weighted by atomic mass is 10.2. The second kappa shape index (κ2) is 8.28. The Balaban J connectivity index is 0.00000196. The molecule has 2 aliphatic rings. The number of nitrogens with zero attached hydrogens (tertiary/aromatic N) is 3. The van der Waals surface area contributed by atoms with E-state index in [1.807, 2.05) is 28.0 Å². The molecule has 0 spiro atoms. The molecule has 1 saturated carbocycles. The summed E-state index contributed by atoms with van der Waals surface area (Å²) < 4.78 is 5.84. The van der Waals surface area contributed by atoms with Crippen molar-refractivity contribution >= 4 is 46.8 Å². The van der Waals surface area contributed by atoms with Crippen LogP contribution in [0.2, 0.25) is 0 Å². The number of furan rings is 1. The number of halogens is 1. The molecule has 0 atom stereocenters. The molecule has 0 bridgehead atoms. The van der Waals surface area contributed by atoms with Crippen LogP contribution in [-0.2, 0) is 11.2 Å². The first kappa shape index (κ1) is 19.0. The molecule has 1 aromatic heterocycles. The van der Waals surface area contributed by atoms with Gasteiger partial charge < -0.3 is 19.5 Å². The Morgan fingerprint density at radius 3 is 2.81 bits per heavy atom. The van der Waals surface area contributed by atoms with E-state index in [0.717, 1.165) is 61.6 Å². The molecule has 2 heterocycles. The van der Waals surface area contributed by atoms with Crippen LogP contribution >= 0.6 is 24.0 Å². The molecule has 2 fully saturated rings. The zero-order chi connectivity index (χ0) is 17.2. The molecule has 1 saturated heterocycles. The molecule has 4 rings (SSSR count). The number of carbonyl (C=O) groups is 1. The van der Waals surface area contributed by atoms with Gasteiger partial charge in [0.15, 0.2) is 5.96 Å². The standard InChI is InChI=1S/C19H24N4O2.HI/c1-20-19(22-10-11-23(15-6-7-15)18(24)13-22)21-9-8-16-12-14-4-2-3-5-17(14)25-16;/h2-5,12,15H,6-11,13H2,1H3,(H,20,21);1H. The fraction of sp³-hybridized carbons (Fsp3) is 0.474. The molecule has 26 heavy (non-hydrogen) atoms. The van der Waals surface area contributed by atoms with E-state index >= 15 is 0 Å². The number of para-hydroxylation sites is 1. The summed E-state index contributed by atoms with van der Waals surface area (Å²) in [5.74, 6) is 1.97. The Kier molecular flexibility index (Phi) is 6.05. The van der Waals surface area contributed by atoms with Crippen LogP contribution < -0.4 is 5.32 Å². The number of guanidine groups is 1. The maximum atomic E-state index is 12.3. The largest absolute Gasteiger partial charge is 0.461 e. The fourth-order valence-corrected chi connectivity index (χ4v) is 3.43. The Hall–Kier alpha value is -1.77. The second-order valence-electron chi connectivity index (χ2n) is 6.71. The summed E-state index contributed by atoms with van der Waals surface area (Å²) in [5, 5.41) is 4.49. The minimum atomic E-state index is 0. The van der Waals surface area contributed by atoms with Gasteiger partial charge in [-0.2, -0.15) is 0 Å². The number of benzene rings is 1. The summed E-state index contributed by atoms with van der Waals surface area (Å²) in [6.07, 6.45) is 3.11. The molecular formula is C19H25IN4O2. The molecule has 7 heteroatoms. The second-order valence-corrected chi connectivity index (χ2v) is 6.71. The molecule has 0 radical (unpaired) electrons. The number of nitrogens with one attached hydrogen (secondary N) is 1. The van der Waals surface area contributed by atoms with Gasteiger partial charge in [-0.05, 0) is 25.0 Å². The molecular weight excluding hydrogens is 443 g/mol. The lowest BCUT2D eigenvalue weighted by Gasteiger charge is -2.36. The monoisotopic (exact) mass is 468 g/mol. The molecule has 0 unspecified atom stereocenters. The van der Waals surface area contributed by atoms with Crippen molar-refractivity contribution in [2.75, 3.05) is 33.2 Å². The normalized spacial score (nSPS) is 18.2. The van der Waals surface area contributed by atoms with Gasteiger partial charge in [0.2, 0.25) is 5.91 Å². The molecule has 1 N–H and O–H groups in total. The van der Waals surface area contributed by atoms with Crippen LogP contribution in [0.5, 0.6) is 0 Å². The van der Waals surface area contributed by atoms with Gasteiger partial charge in [-0.25, -0.2) is 0 Å². The first-order valence-electron chi connectivity index (χ1n) is 8.97. The van der Waals surface area contributed by atoms with E-state index in [9.17, 15) is 4.79 Å². The van der Waals surface area contributed by atoms with Crippen molar-refractivity contribution in [1.29, 1.82) is 0 Å². The van der Waals surface area contributed by atoms with Crippen LogP contribution in [0.1, 0.15) is 18.6 Å². The van der Waals surface area contributed by atoms with Crippen molar-refractivity contribution in [2.24, 2.45) is 4.99 Å². The van der Waals surface area contributed by atoms with Gasteiger partial charge in [-0.1, -0.05) is 18.2 Å². The summed E-state index contributed by atoms with van der Waals surface area (Å²) in [6.45, 7) is 2.78. The molecule has 2 aromatic rings. The first-order chi connectivity index (χ1) is 12.2. The molecule has 1 aliphatic carbocycles. The van der Waals surface area contributed by atoms with Crippen LogP contribution in [0.4, 0.5) is 0 Å². The van der Waals surface area contributed by atoms with E-state index in [4.69, 9.17) is 4.42 Å². The average molecular weight is 468 g/mol. The molecule has 1 aromatic carbocycles. The zero-order valence-electron chi connectivity index (χ0n) is 15.0. The Morgan fingerprint density at radius 2 is 2.12 bits per heavy atom. The third-order valence-electron chi connectivity index (χ3n) is 4.89. The van der Waals surface area contributed by atoms with Gasteiger partial charge in [0.25, 0.3) is 0 Å². The highest BCUT2D eigenvalue weighted by molar-refractivity contribution is 14.0. The molecule has 140 valence electrons. The third kappa shape index (κ3) is 4.13. The van der Waals surface area contributed by atoms with E-state index in [1.165, 1.54) is 0 Å². The SMILES string of the molecule is CN=C(NCCc1cc2ccccc2o1)N1CCN(C2CC2)C(=O)C1.I. The predicted octanol–water partition coefficient (Wildman–Crippen LogP) is 2.48. The average Bonchev–Trinajstić information content (AvgIpc) is 3.37. The van der Waals surface area contributed by atoms with E-state index in [2.05, 4.69) is 22.4 Å². The summed E-state index contributed by atoms with van der Waals surface area (Å²) in [6, 6.07) is 10.6. The van der Waals surface area contributed by atoms with Crippen LogP contribution in [0.15, 0.2) is 39.7 Å². The van der Waals surface area contributed by atoms with Gasteiger partial charge >= 0.3 is 0 Å². The van der Waals surface area contributed by atoms with Crippen molar-refractivity contribution in [3.8, 4) is 0 Å². The van der Waals surface area contributed by atoms with E-state index in [-0.39, 0.29) is 29.9 Å². The first-order valence-corrected chi connectivity index (χ1v) is 8.97. The van der Waals surface area contributed by atoms with Crippen LogP contribution in [0, 0.1) is 0 Å². The number of amides is 1. The smallest absolute Gasteiger partial charge is 0.242 e. The number of rotatable bonds is 4. The van der Waals surface area contributed by atoms with Gasteiger partial charge in [0, 0.05) is 44.5 Å². The summed E-state index contributed by atoms with van der Waals surface area (Å²) in [4.78, 5) is 20.7. The number of piperazine rings is 1. The van der Waals surface area contributed by atoms with E-state index < -0.39 is 0 Å². The fourth-order valence-electron chi connectivity index (χ4n) is 3.43. The molecule has 1 amide bonds. The maximum absolute atomic E-state index is 12.3. The van der Waals surface area contributed by atoms with Crippen LogP contribution in [0.25, 0.3) is 11.0 Å². The minimum Gasteiger partial charge on any atom is -0.461 e. The Morgan fingerprint density at radius 1 is 1.31 bits per heavy atom. The lowest BCUT2D eigenvalue weighted by Crippen LogP contribution is -2.55. The molecule has 1 aliphatic heterocycles. The summed E-state index contributed by atoms with van der Waals surface area (Å²) in [5.41, 5.74) is 0.920. The summed E-state index contributed by atoms with van der Waals surface area (Å²) >= 11 is 0. The Bertz CT molecular complexity index is 767. The van der Waals surface area contributed by atoms with Gasteiger partial charge in [-0.15, -0.1) is 24.0 Å². The van der Waals surface area contributed by atoms with Crippen molar-refractivity contribution in [3.05, 3.63) is 36.1 Å². The Labute approximate surface area is 170 Å². The molecule has 6 nitrogen and oxygen atoms in total. The highest BCUT2D eigenvalue weighted by Gasteiger charge is 2.36. The minimum absolute atomic E-state index is 0. The van der Waals surface area contributed by atoms with Gasteiger partial charge in [0.1, 0.15) is 11.3 Å². The van der Waals surface area contributed by atoms with Crippen molar-refractivity contribution in [3.63, 3.8) is 0 Å². The van der Waals surface area contributed by atoms with Crippen molar-refractivity contribution < 1.29 is 9.21 Å². The number of fused-ring (bicyclic) bond motifs is 1. The predicted molar refractivity (Wildman–Crippen MR) is 113 cm³/mol. The van der Waals surface area contributed by atoms with Crippen LogP contribution in [0.3, 0.4) is 0 Å². The van der Waals surface area contributed by atoms with Crippen molar-refractivity contribution in [1.82, 2.24) is 15.1 Å². The summed E-state index contributed by atoms with van der Waals surface area (Å²) in [7, 11) is 1.77. The lowest BCUT2D eigenvalue weighted by molar-refractivity contribution is -0.135. The third-order valence-corrected chi connectivity index (χ3v) is 4.89. The zero-order valence-corrected chi connectivity index (χ0v) is 17.3. The quantitative estimate of drug-likeness (QED) is 0.426. The van der Waals surface area contributed by atoms with E-state index in [1.54, 1.807) is 7.05 Å². The highest BCUT2D eigenvalue weighted by atomic mass is 127. The number of carbonyl (C=O) groups excluding carboxylic acids is 1. The maximum Gasteiger partial charge on any atom is 0.242 e. The van der Waals surface area contributed by atoms with E-state index in [0.29, 0.717) is 12.6 Å². The number of hydrogen-bond donors (Lipinski definition) is 1. The highest BCUT2D eigenvalue weighted by Crippen LogP contribution is 2.28.